The van der Waals surface area contributed by atoms with Gasteiger partial charge in [0.05, 0.1) is 11.8 Å². The zero-order valence-corrected chi connectivity index (χ0v) is 15.5. The summed E-state index contributed by atoms with van der Waals surface area (Å²) < 4.78 is 0. The number of rotatable bonds is 2. The predicted octanol–water partition coefficient (Wildman–Crippen LogP) is 5.30. The van der Waals surface area contributed by atoms with Crippen LogP contribution in [0.5, 0.6) is 0 Å². The Morgan fingerprint density at radius 1 is 1.04 bits per heavy atom. The number of hydrogen-bond donors (Lipinski definition) is 1. The van der Waals surface area contributed by atoms with Crippen molar-refractivity contribution in [2.45, 2.75) is 18.9 Å². The van der Waals surface area contributed by atoms with E-state index in [-0.39, 0.29) is 18.0 Å². The van der Waals surface area contributed by atoms with E-state index in [9.17, 15) is 4.79 Å². The smallest absolute Gasteiger partial charge is 0.306 e. The molecule has 5 rings (SSSR count). The van der Waals surface area contributed by atoms with Crippen molar-refractivity contribution in [3.05, 3.63) is 88.1 Å². The first-order valence-corrected chi connectivity index (χ1v) is 10.0. The van der Waals surface area contributed by atoms with Gasteiger partial charge in [0, 0.05) is 22.0 Å². The van der Waals surface area contributed by atoms with Gasteiger partial charge >= 0.3 is 6.03 Å². The number of amides is 2. The minimum atomic E-state index is -0.181. The van der Waals surface area contributed by atoms with Crippen LogP contribution in [0.25, 0.3) is 0 Å². The Morgan fingerprint density at radius 2 is 1.85 bits per heavy atom. The molecule has 0 saturated heterocycles. The van der Waals surface area contributed by atoms with Gasteiger partial charge in [-0.3, -0.25) is 0 Å². The van der Waals surface area contributed by atoms with Gasteiger partial charge in [0.1, 0.15) is 0 Å². The molecule has 1 aromatic heterocycles. The van der Waals surface area contributed by atoms with Crippen LogP contribution in [0.2, 0.25) is 0 Å². The standard InChI is InChI=1S/C22H19N3OS/c26-22(23-16-8-2-1-3-9-16)25-21(19-11-6-14-27-19)18-13-12-15-7-4-5-10-17(15)20(18)24-25/h1-11,14,18,21H,12-13H2,(H,23,26)/t18-,21-/m0/s1. The highest BCUT2D eigenvalue weighted by molar-refractivity contribution is 7.10. The molecule has 5 heteroatoms. The number of urea groups is 1. The number of hydrazone groups is 1. The molecule has 2 aliphatic rings. The highest BCUT2D eigenvalue weighted by Gasteiger charge is 2.44. The summed E-state index contributed by atoms with van der Waals surface area (Å²) in [4.78, 5) is 14.3. The summed E-state index contributed by atoms with van der Waals surface area (Å²) >= 11 is 1.69. The van der Waals surface area contributed by atoms with Crippen LogP contribution in [-0.2, 0) is 6.42 Å². The van der Waals surface area contributed by atoms with E-state index in [2.05, 4.69) is 41.0 Å². The fourth-order valence-electron chi connectivity index (χ4n) is 4.07. The van der Waals surface area contributed by atoms with E-state index in [0.717, 1.165) is 24.2 Å². The molecule has 134 valence electrons. The lowest BCUT2D eigenvalue weighted by molar-refractivity contribution is 0.189. The Hall–Kier alpha value is -2.92. The van der Waals surface area contributed by atoms with Crippen molar-refractivity contribution < 1.29 is 4.79 Å². The molecule has 2 heterocycles. The van der Waals surface area contributed by atoms with Crippen LogP contribution in [0.1, 0.15) is 28.5 Å². The van der Waals surface area contributed by atoms with Crippen molar-refractivity contribution in [1.29, 1.82) is 0 Å². The van der Waals surface area contributed by atoms with Crippen molar-refractivity contribution in [1.82, 2.24) is 5.01 Å². The van der Waals surface area contributed by atoms with Crippen LogP contribution >= 0.6 is 11.3 Å². The predicted molar refractivity (Wildman–Crippen MR) is 109 cm³/mol. The van der Waals surface area contributed by atoms with E-state index in [4.69, 9.17) is 5.10 Å². The number of benzene rings is 2. The van der Waals surface area contributed by atoms with Gasteiger partial charge in [0.15, 0.2) is 0 Å². The molecule has 1 aliphatic carbocycles. The molecule has 0 unspecified atom stereocenters. The maximum absolute atomic E-state index is 13.1. The van der Waals surface area contributed by atoms with E-state index in [1.54, 1.807) is 16.3 Å². The maximum atomic E-state index is 13.1. The summed E-state index contributed by atoms with van der Waals surface area (Å²) in [6.45, 7) is 0. The maximum Gasteiger partial charge on any atom is 0.342 e. The van der Waals surface area contributed by atoms with Gasteiger partial charge in [-0.1, -0.05) is 48.5 Å². The first-order valence-electron chi connectivity index (χ1n) is 9.17. The van der Waals surface area contributed by atoms with Gasteiger partial charge in [0.25, 0.3) is 0 Å². The highest BCUT2D eigenvalue weighted by atomic mass is 32.1. The molecular weight excluding hydrogens is 354 g/mol. The van der Waals surface area contributed by atoms with Crippen LogP contribution in [0.4, 0.5) is 10.5 Å². The SMILES string of the molecule is O=C(Nc1ccccc1)N1N=C2c3ccccc3CC[C@@H]2[C@H]1c1cccs1. The number of hydrogen-bond acceptors (Lipinski definition) is 3. The van der Waals surface area contributed by atoms with Gasteiger partial charge in [-0.15, -0.1) is 11.3 Å². The number of carbonyl (C=O) groups excluding carboxylic acids is 1. The summed E-state index contributed by atoms with van der Waals surface area (Å²) in [6, 6.07) is 21.9. The van der Waals surface area contributed by atoms with Crippen molar-refractivity contribution in [3.8, 4) is 0 Å². The molecule has 2 amide bonds. The lowest BCUT2D eigenvalue weighted by Gasteiger charge is -2.28. The molecule has 2 aromatic carbocycles. The van der Waals surface area contributed by atoms with Crippen LogP contribution in [0.3, 0.4) is 0 Å². The van der Waals surface area contributed by atoms with Crippen LogP contribution in [0, 0.1) is 5.92 Å². The van der Waals surface area contributed by atoms with E-state index >= 15 is 0 Å². The number of anilines is 1. The molecule has 1 aliphatic heterocycles. The normalized spacial score (nSPS) is 20.6. The molecule has 1 N–H and O–H groups in total. The minimum absolute atomic E-state index is 0.0444. The minimum Gasteiger partial charge on any atom is -0.306 e. The van der Waals surface area contributed by atoms with Gasteiger partial charge in [0.2, 0.25) is 0 Å². The van der Waals surface area contributed by atoms with E-state index in [1.807, 2.05) is 36.4 Å². The number of carbonyl (C=O) groups is 1. The average molecular weight is 373 g/mol. The van der Waals surface area contributed by atoms with Crippen molar-refractivity contribution >= 4 is 28.8 Å². The Morgan fingerprint density at radius 3 is 2.67 bits per heavy atom. The van der Waals surface area contributed by atoms with Crippen molar-refractivity contribution in [3.63, 3.8) is 0 Å². The first kappa shape index (κ1) is 16.3. The third-order valence-electron chi connectivity index (χ3n) is 5.30. The van der Waals surface area contributed by atoms with Crippen LogP contribution in [0.15, 0.2) is 77.2 Å². The monoisotopic (exact) mass is 373 g/mol. The second-order valence-corrected chi connectivity index (χ2v) is 7.87. The number of fused-ring (bicyclic) bond motifs is 3. The Balaban J connectivity index is 1.54. The molecule has 0 fully saturated rings. The average Bonchev–Trinajstić information content (AvgIpc) is 3.36. The van der Waals surface area contributed by atoms with E-state index in [1.165, 1.54) is 16.0 Å². The van der Waals surface area contributed by atoms with Crippen molar-refractivity contribution in [2.75, 3.05) is 5.32 Å². The van der Waals surface area contributed by atoms with Gasteiger partial charge in [-0.2, -0.15) is 5.10 Å². The third kappa shape index (κ3) is 2.84. The number of para-hydroxylation sites is 1. The lowest BCUT2D eigenvalue weighted by atomic mass is 9.79. The summed E-state index contributed by atoms with van der Waals surface area (Å²) in [6.07, 6.45) is 2.03. The Bertz CT molecular complexity index is 997. The zero-order chi connectivity index (χ0) is 18.2. The van der Waals surface area contributed by atoms with Gasteiger partial charge in [-0.05, 0) is 42.0 Å². The summed E-state index contributed by atoms with van der Waals surface area (Å²) in [5.41, 5.74) is 4.33. The fourth-order valence-corrected chi connectivity index (χ4v) is 4.95. The number of thiophene rings is 1. The molecule has 0 spiro atoms. The van der Waals surface area contributed by atoms with Gasteiger partial charge < -0.3 is 5.32 Å². The van der Waals surface area contributed by atoms with E-state index in [0.29, 0.717) is 0 Å². The number of aryl methyl sites for hydroxylation is 1. The molecule has 4 nitrogen and oxygen atoms in total. The fraction of sp³-hybridized carbons (Fsp3) is 0.182. The lowest BCUT2D eigenvalue weighted by Crippen LogP contribution is -2.34. The Labute approximate surface area is 162 Å². The second-order valence-electron chi connectivity index (χ2n) is 6.89. The van der Waals surface area contributed by atoms with Crippen molar-refractivity contribution in [2.24, 2.45) is 11.0 Å². The first-order chi connectivity index (χ1) is 13.3. The molecular formula is C22H19N3OS. The van der Waals surface area contributed by atoms with Crippen LogP contribution < -0.4 is 5.32 Å². The quantitative estimate of drug-likeness (QED) is 0.650. The second kappa shape index (κ2) is 6.67. The largest absolute Gasteiger partial charge is 0.342 e. The topological polar surface area (TPSA) is 44.7 Å². The molecule has 27 heavy (non-hydrogen) atoms. The number of nitrogens with one attached hydrogen (secondary N) is 1. The summed E-state index contributed by atoms with van der Waals surface area (Å²) in [7, 11) is 0. The molecule has 3 aromatic rings. The summed E-state index contributed by atoms with van der Waals surface area (Å²) in [5, 5.41) is 11.5. The van der Waals surface area contributed by atoms with Gasteiger partial charge in [-0.25, -0.2) is 9.80 Å². The summed E-state index contributed by atoms with van der Waals surface area (Å²) in [5.74, 6) is 0.236. The van der Waals surface area contributed by atoms with E-state index < -0.39 is 0 Å². The third-order valence-corrected chi connectivity index (χ3v) is 6.24. The molecule has 0 bridgehead atoms. The van der Waals surface area contributed by atoms with Crippen LogP contribution in [-0.4, -0.2) is 16.8 Å². The molecule has 0 radical (unpaired) electrons. The molecule has 2 atom stereocenters. The molecule has 0 saturated carbocycles. The zero-order valence-electron chi connectivity index (χ0n) is 14.7. The Kier molecular flexibility index (Phi) is 4.02. The highest BCUT2D eigenvalue weighted by Crippen LogP contribution is 2.44. The number of nitrogens with zero attached hydrogens (tertiary/aromatic N) is 2.